The molecular formula is C23H25N3O6S2. The standard InChI is InChI=1S/C23H25N3O6S2/c1-2-32-19-10-14-21(15-11-19)34(30,31)26-22(16-17-6-4-3-5-7-17)23(27)25-18-8-12-20(13-9-18)33(24,28)29/h3-15,22,26H,2,16H2,1H3,(H,25,27)(H2,24,28,29). The Kier molecular flexibility index (Phi) is 8.05. The normalized spacial score (nSPS) is 12.6. The lowest BCUT2D eigenvalue weighted by atomic mass is 10.1. The van der Waals surface area contributed by atoms with Gasteiger partial charge in [0.2, 0.25) is 26.0 Å². The van der Waals surface area contributed by atoms with Gasteiger partial charge in [-0.15, -0.1) is 0 Å². The van der Waals surface area contributed by atoms with E-state index >= 15 is 0 Å². The number of sulfonamides is 2. The number of hydrogen-bond acceptors (Lipinski definition) is 6. The highest BCUT2D eigenvalue weighted by atomic mass is 32.2. The van der Waals surface area contributed by atoms with E-state index in [0.29, 0.717) is 12.4 Å². The molecule has 0 saturated carbocycles. The number of nitrogens with two attached hydrogens (primary N) is 1. The molecular weight excluding hydrogens is 478 g/mol. The Morgan fingerprint density at radius 2 is 1.47 bits per heavy atom. The summed E-state index contributed by atoms with van der Waals surface area (Å²) < 4.78 is 56.7. The van der Waals surface area contributed by atoms with E-state index in [9.17, 15) is 21.6 Å². The molecule has 3 aromatic carbocycles. The molecule has 0 saturated heterocycles. The van der Waals surface area contributed by atoms with E-state index < -0.39 is 32.0 Å². The number of nitrogens with one attached hydrogen (secondary N) is 2. The average molecular weight is 504 g/mol. The van der Waals surface area contributed by atoms with E-state index in [0.717, 1.165) is 5.56 Å². The fourth-order valence-corrected chi connectivity index (χ4v) is 4.84. The van der Waals surface area contributed by atoms with Crippen molar-refractivity contribution in [3.8, 4) is 5.75 Å². The highest BCUT2D eigenvalue weighted by molar-refractivity contribution is 7.89. The molecule has 180 valence electrons. The van der Waals surface area contributed by atoms with Gasteiger partial charge < -0.3 is 10.1 Å². The van der Waals surface area contributed by atoms with Crippen molar-refractivity contribution < 1.29 is 26.4 Å². The summed E-state index contributed by atoms with van der Waals surface area (Å²) in [6.07, 6.45) is 0.0954. The molecule has 1 amide bonds. The van der Waals surface area contributed by atoms with Crippen LogP contribution in [0.25, 0.3) is 0 Å². The van der Waals surface area contributed by atoms with Crippen molar-refractivity contribution in [2.45, 2.75) is 29.2 Å². The second-order valence-electron chi connectivity index (χ2n) is 7.33. The second-order valence-corrected chi connectivity index (χ2v) is 10.6. The van der Waals surface area contributed by atoms with Crippen LogP contribution in [-0.2, 0) is 31.3 Å². The Hall–Kier alpha value is -3.25. The van der Waals surface area contributed by atoms with Crippen LogP contribution in [0.3, 0.4) is 0 Å². The third kappa shape index (κ3) is 6.87. The summed E-state index contributed by atoms with van der Waals surface area (Å²) in [5.74, 6) is -0.0790. The quantitative estimate of drug-likeness (QED) is 0.387. The smallest absolute Gasteiger partial charge is 0.242 e. The molecule has 11 heteroatoms. The molecule has 0 fully saturated rings. The molecule has 0 heterocycles. The van der Waals surface area contributed by atoms with Crippen LogP contribution >= 0.6 is 0 Å². The molecule has 9 nitrogen and oxygen atoms in total. The molecule has 0 bridgehead atoms. The molecule has 34 heavy (non-hydrogen) atoms. The topological polar surface area (TPSA) is 145 Å². The lowest BCUT2D eigenvalue weighted by Gasteiger charge is -2.19. The van der Waals surface area contributed by atoms with Gasteiger partial charge in [0.15, 0.2) is 0 Å². The zero-order valence-electron chi connectivity index (χ0n) is 18.3. The minimum Gasteiger partial charge on any atom is -0.494 e. The lowest BCUT2D eigenvalue weighted by molar-refractivity contribution is -0.117. The van der Waals surface area contributed by atoms with Crippen LogP contribution in [0, 0.1) is 0 Å². The molecule has 0 spiro atoms. The summed E-state index contributed by atoms with van der Waals surface area (Å²) in [7, 11) is -7.92. The Balaban J connectivity index is 1.83. The van der Waals surface area contributed by atoms with Crippen LogP contribution in [0.5, 0.6) is 5.75 Å². The van der Waals surface area contributed by atoms with Gasteiger partial charge in [-0.25, -0.2) is 22.0 Å². The molecule has 0 aliphatic rings. The van der Waals surface area contributed by atoms with Crippen LogP contribution in [0.4, 0.5) is 5.69 Å². The van der Waals surface area contributed by atoms with Gasteiger partial charge in [-0.3, -0.25) is 4.79 Å². The number of anilines is 1. The molecule has 0 aliphatic heterocycles. The second kappa shape index (κ2) is 10.8. The van der Waals surface area contributed by atoms with Crippen molar-refractivity contribution in [1.82, 2.24) is 4.72 Å². The molecule has 4 N–H and O–H groups in total. The molecule has 1 unspecified atom stereocenters. The number of carbonyl (C=O) groups is 1. The first-order valence-corrected chi connectivity index (χ1v) is 13.3. The highest BCUT2D eigenvalue weighted by Crippen LogP contribution is 2.18. The van der Waals surface area contributed by atoms with Crippen LogP contribution in [-0.4, -0.2) is 35.4 Å². The maximum absolute atomic E-state index is 13.0. The highest BCUT2D eigenvalue weighted by Gasteiger charge is 2.26. The van der Waals surface area contributed by atoms with Crippen molar-refractivity contribution in [2.75, 3.05) is 11.9 Å². The molecule has 0 aliphatic carbocycles. The van der Waals surface area contributed by atoms with Crippen molar-refractivity contribution in [1.29, 1.82) is 0 Å². The predicted molar refractivity (Wildman–Crippen MR) is 128 cm³/mol. The summed E-state index contributed by atoms with van der Waals surface area (Å²) in [5.41, 5.74) is 1.04. The first-order chi connectivity index (χ1) is 16.1. The van der Waals surface area contributed by atoms with Crippen molar-refractivity contribution >= 4 is 31.6 Å². The van der Waals surface area contributed by atoms with Crippen molar-refractivity contribution in [2.24, 2.45) is 5.14 Å². The minimum absolute atomic E-state index is 0.0145. The van der Waals surface area contributed by atoms with Gasteiger partial charge in [0.05, 0.1) is 16.4 Å². The van der Waals surface area contributed by atoms with Crippen LogP contribution < -0.4 is 19.9 Å². The Bertz CT molecular complexity index is 1330. The Morgan fingerprint density at radius 3 is 2.03 bits per heavy atom. The number of rotatable bonds is 10. The van der Waals surface area contributed by atoms with Gasteiger partial charge in [0.1, 0.15) is 11.8 Å². The summed E-state index contributed by atoms with van der Waals surface area (Å²) in [5, 5.41) is 7.71. The molecule has 0 aromatic heterocycles. The van der Waals surface area contributed by atoms with Crippen molar-refractivity contribution in [3.63, 3.8) is 0 Å². The van der Waals surface area contributed by atoms with Crippen molar-refractivity contribution in [3.05, 3.63) is 84.4 Å². The largest absolute Gasteiger partial charge is 0.494 e. The molecule has 3 aromatic rings. The fraction of sp³-hybridized carbons (Fsp3) is 0.174. The molecule has 1 atom stereocenters. The summed E-state index contributed by atoms with van der Waals surface area (Å²) in [4.78, 5) is 12.9. The maximum Gasteiger partial charge on any atom is 0.242 e. The fourth-order valence-electron chi connectivity index (χ4n) is 3.13. The van der Waals surface area contributed by atoms with Crippen LogP contribution in [0.1, 0.15) is 12.5 Å². The predicted octanol–water partition coefficient (Wildman–Crippen LogP) is 2.26. The average Bonchev–Trinajstić information content (AvgIpc) is 2.79. The molecule has 0 radical (unpaired) electrons. The van der Waals surface area contributed by atoms with Crippen LogP contribution in [0.2, 0.25) is 0 Å². The number of benzene rings is 3. The first kappa shape index (κ1) is 25.4. The van der Waals surface area contributed by atoms with Gasteiger partial charge in [0, 0.05) is 5.69 Å². The number of carbonyl (C=O) groups excluding carboxylic acids is 1. The summed E-state index contributed by atoms with van der Waals surface area (Å²) in [6, 6.07) is 18.9. The van der Waals surface area contributed by atoms with Gasteiger partial charge in [-0.2, -0.15) is 4.72 Å². The van der Waals surface area contributed by atoms with Gasteiger partial charge in [0.25, 0.3) is 0 Å². The number of hydrogen-bond donors (Lipinski definition) is 3. The van der Waals surface area contributed by atoms with Crippen LogP contribution in [0.15, 0.2) is 88.7 Å². The van der Waals surface area contributed by atoms with Gasteiger partial charge in [-0.05, 0) is 67.4 Å². The Labute approximate surface area is 199 Å². The van der Waals surface area contributed by atoms with Gasteiger partial charge >= 0.3 is 0 Å². The van der Waals surface area contributed by atoms with Gasteiger partial charge in [-0.1, -0.05) is 30.3 Å². The monoisotopic (exact) mass is 503 g/mol. The first-order valence-electron chi connectivity index (χ1n) is 10.3. The SMILES string of the molecule is CCOc1ccc(S(=O)(=O)NC(Cc2ccccc2)C(=O)Nc2ccc(S(N)(=O)=O)cc2)cc1. The Morgan fingerprint density at radius 1 is 0.882 bits per heavy atom. The third-order valence-corrected chi connectivity index (χ3v) is 7.21. The lowest BCUT2D eigenvalue weighted by Crippen LogP contribution is -2.45. The van der Waals surface area contributed by atoms with E-state index in [2.05, 4.69) is 10.0 Å². The maximum atomic E-state index is 13.0. The minimum atomic E-state index is -4.04. The summed E-state index contributed by atoms with van der Waals surface area (Å²) >= 11 is 0. The van der Waals surface area contributed by atoms with E-state index in [-0.39, 0.29) is 21.9 Å². The zero-order valence-corrected chi connectivity index (χ0v) is 20.0. The number of ether oxygens (including phenoxy) is 1. The zero-order chi connectivity index (χ0) is 24.8. The van der Waals surface area contributed by atoms with E-state index in [1.807, 2.05) is 13.0 Å². The number of amides is 1. The third-order valence-electron chi connectivity index (χ3n) is 4.79. The molecule has 3 rings (SSSR count). The summed E-state index contributed by atoms with van der Waals surface area (Å²) in [6.45, 7) is 2.27. The van der Waals surface area contributed by atoms with E-state index in [1.165, 1.54) is 48.5 Å². The van der Waals surface area contributed by atoms with E-state index in [4.69, 9.17) is 9.88 Å². The van der Waals surface area contributed by atoms with E-state index in [1.54, 1.807) is 24.3 Å². The number of primary sulfonamides is 1.